The Balaban J connectivity index is 2.98. The molecule has 0 aliphatic rings. The highest BCUT2D eigenvalue weighted by molar-refractivity contribution is 6.48. The summed E-state index contributed by atoms with van der Waals surface area (Å²) in [5, 5.41) is 10.7. The molecule has 0 saturated heterocycles. The number of halogens is 3. The number of nitrogens with zero attached hydrogens (tertiary/aromatic N) is 1. The molecule has 1 atom stereocenters. The summed E-state index contributed by atoms with van der Waals surface area (Å²) >= 11 is 17.2. The van der Waals surface area contributed by atoms with Gasteiger partial charge in [-0.3, -0.25) is 9.59 Å². The van der Waals surface area contributed by atoms with Gasteiger partial charge in [-0.25, -0.2) is 9.78 Å². The molecule has 10 heteroatoms. The Labute approximate surface area is 128 Å². The largest absolute Gasteiger partial charge is 0.480 e. The number of nitrogens with two attached hydrogens (primary N) is 1. The lowest BCUT2D eigenvalue weighted by Crippen LogP contribution is -2.43. The Kier molecular flexibility index (Phi) is 5.55. The number of pyridine rings is 1. The summed E-state index contributed by atoms with van der Waals surface area (Å²) in [6.07, 6.45) is 0.522. The number of rotatable bonds is 5. The Hall–Kier alpha value is -1.57. The fraction of sp³-hybridized carbons (Fsp3) is 0.200. The van der Waals surface area contributed by atoms with Crippen molar-refractivity contribution in [3.8, 4) is 0 Å². The average molecular weight is 341 g/mol. The van der Waals surface area contributed by atoms with Crippen LogP contribution in [-0.2, 0) is 9.59 Å². The molecule has 1 unspecified atom stereocenters. The van der Waals surface area contributed by atoms with Crippen LogP contribution >= 0.6 is 34.8 Å². The number of carboxylic acid groups (broad SMARTS) is 1. The third-order valence-corrected chi connectivity index (χ3v) is 3.38. The number of aromatic nitrogens is 1. The first kappa shape index (κ1) is 16.5. The second-order valence-electron chi connectivity index (χ2n) is 3.62. The van der Waals surface area contributed by atoms with Gasteiger partial charge in [0.25, 0.3) is 5.91 Å². The maximum atomic E-state index is 11.9. The smallest absolute Gasteiger partial charge is 0.326 e. The predicted octanol–water partition coefficient (Wildman–Crippen LogP) is 1.10. The molecule has 0 bridgehead atoms. The molecule has 1 rings (SSSR count). The Bertz CT molecular complexity index is 579. The minimum absolute atomic E-state index is 0.0418. The zero-order valence-corrected chi connectivity index (χ0v) is 12.0. The number of nitrogens with one attached hydrogen (secondary N) is 1. The van der Waals surface area contributed by atoms with Crippen LogP contribution in [0.1, 0.15) is 16.9 Å². The lowest BCUT2D eigenvalue weighted by atomic mass is 10.2. The van der Waals surface area contributed by atoms with E-state index in [1.54, 1.807) is 0 Å². The van der Waals surface area contributed by atoms with Crippen molar-refractivity contribution in [2.45, 2.75) is 12.5 Å². The molecule has 0 fully saturated rings. The zero-order valence-electron chi connectivity index (χ0n) is 9.69. The van der Waals surface area contributed by atoms with E-state index in [0.29, 0.717) is 0 Å². The topological polar surface area (TPSA) is 122 Å². The summed E-state index contributed by atoms with van der Waals surface area (Å²) < 4.78 is 0. The summed E-state index contributed by atoms with van der Waals surface area (Å²) in [5.41, 5.74) is 4.58. The molecular formula is C10H8Cl3N3O4. The molecule has 1 aromatic heterocycles. The van der Waals surface area contributed by atoms with E-state index in [4.69, 9.17) is 45.6 Å². The van der Waals surface area contributed by atoms with E-state index in [1.165, 1.54) is 0 Å². The van der Waals surface area contributed by atoms with Gasteiger partial charge in [0.15, 0.2) is 0 Å². The van der Waals surface area contributed by atoms with Crippen LogP contribution in [0.3, 0.4) is 0 Å². The Morgan fingerprint density at radius 2 is 1.90 bits per heavy atom. The standard InChI is InChI=1S/C10H8Cl3N3O4/c11-3-2-15-8(7(13)6(3)12)9(18)16-4(10(19)20)1-5(14)17/h2,4H,1H2,(H2,14,17)(H,16,18)(H,19,20). The number of carbonyl (C=O) groups excluding carboxylic acids is 2. The van der Waals surface area contributed by atoms with Gasteiger partial charge in [-0.2, -0.15) is 0 Å². The van der Waals surface area contributed by atoms with Crippen molar-refractivity contribution in [3.63, 3.8) is 0 Å². The third kappa shape index (κ3) is 3.96. The molecule has 2 amide bonds. The van der Waals surface area contributed by atoms with Gasteiger partial charge >= 0.3 is 5.97 Å². The Morgan fingerprint density at radius 1 is 1.30 bits per heavy atom. The molecule has 1 heterocycles. The SMILES string of the molecule is NC(=O)CC(NC(=O)c1ncc(Cl)c(Cl)c1Cl)C(=O)O. The van der Waals surface area contributed by atoms with E-state index in [2.05, 4.69) is 10.3 Å². The quantitative estimate of drug-likeness (QED) is 0.741. The number of amides is 2. The number of carbonyl (C=O) groups is 3. The van der Waals surface area contributed by atoms with Gasteiger partial charge in [-0.05, 0) is 0 Å². The normalized spacial score (nSPS) is 11.8. The molecule has 0 saturated carbocycles. The maximum absolute atomic E-state index is 11.9. The van der Waals surface area contributed by atoms with Crippen molar-refractivity contribution in [2.75, 3.05) is 0 Å². The number of hydrogen-bond donors (Lipinski definition) is 3. The molecule has 0 aromatic carbocycles. The monoisotopic (exact) mass is 339 g/mol. The molecule has 7 nitrogen and oxygen atoms in total. The van der Waals surface area contributed by atoms with Crippen molar-refractivity contribution in [3.05, 3.63) is 27.0 Å². The molecule has 0 aliphatic heterocycles. The van der Waals surface area contributed by atoms with Gasteiger partial charge in [0.05, 0.1) is 21.5 Å². The van der Waals surface area contributed by atoms with Crippen LogP contribution in [0.4, 0.5) is 0 Å². The third-order valence-electron chi connectivity index (χ3n) is 2.14. The summed E-state index contributed by atoms with van der Waals surface area (Å²) in [6, 6.07) is -1.49. The van der Waals surface area contributed by atoms with Crippen LogP contribution in [0.15, 0.2) is 6.20 Å². The van der Waals surface area contributed by atoms with Crippen LogP contribution in [0, 0.1) is 0 Å². The average Bonchev–Trinajstić information content (AvgIpc) is 2.34. The first-order valence-electron chi connectivity index (χ1n) is 5.05. The number of carboxylic acids is 1. The van der Waals surface area contributed by atoms with Crippen molar-refractivity contribution in [1.82, 2.24) is 10.3 Å². The van der Waals surface area contributed by atoms with E-state index >= 15 is 0 Å². The van der Waals surface area contributed by atoms with Gasteiger partial charge in [0, 0.05) is 6.20 Å². The van der Waals surface area contributed by atoms with Crippen molar-refractivity contribution in [1.29, 1.82) is 0 Å². The molecule has 4 N–H and O–H groups in total. The highest BCUT2D eigenvalue weighted by Crippen LogP contribution is 2.30. The highest BCUT2D eigenvalue weighted by Gasteiger charge is 2.25. The first-order chi connectivity index (χ1) is 9.23. The molecule has 0 radical (unpaired) electrons. The fourth-order valence-corrected chi connectivity index (χ4v) is 1.80. The molecule has 1 aromatic rings. The maximum Gasteiger partial charge on any atom is 0.326 e. The van der Waals surface area contributed by atoms with E-state index in [9.17, 15) is 14.4 Å². The second kappa shape index (κ2) is 6.74. The summed E-state index contributed by atoms with van der Waals surface area (Å²) in [5.74, 6) is -3.22. The van der Waals surface area contributed by atoms with Crippen LogP contribution in [0.25, 0.3) is 0 Å². The van der Waals surface area contributed by atoms with E-state index in [0.717, 1.165) is 6.20 Å². The minimum atomic E-state index is -1.49. The van der Waals surface area contributed by atoms with Gasteiger partial charge < -0.3 is 16.2 Å². The van der Waals surface area contributed by atoms with E-state index < -0.39 is 30.2 Å². The highest BCUT2D eigenvalue weighted by atomic mass is 35.5. The van der Waals surface area contributed by atoms with Crippen molar-refractivity contribution < 1.29 is 19.5 Å². The molecule has 0 aliphatic carbocycles. The molecule has 20 heavy (non-hydrogen) atoms. The minimum Gasteiger partial charge on any atom is -0.480 e. The summed E-state index contributed by atoms with van der Waals surface area (Å²) in [7, 11) is 0. The van der Waals surface area contributed by atoms with Gasteiger partial charge in [0.1, 0.15) is 11.7 Å². The van der Waals surface area contributed by atoms with Crippen LogP contribution < -0.4 is 11.1 Å². The molecule has 108 valence electrons. The van der Waals surface area contributed by atoms with E-state index in [-0.39, 0.29) is 20.8 Å². The van der Waals surface area contributed by atoms with Crippen LogP contribution in [0.2, 0.25) is 15.1 Å². The van der Waals surface area contributed by atoms with Gasteiger partial charge in [-0.1, -0.05) is 34.8 Å². The van der Waals surface area contributed by atoms with E-state index in [1.807, 2.05) is 0 Å². The van der Waals surface area contributed by atoms with Crippen LogP contribution in [0.5, 0.6) is 0 Å². The summed E-state index contributed by atoms with van der Waals surface area (Å²) in [6.45, 7) is 0. The number of aliphatic carboxylic acids is 1. The van der Waals surface area contributed by atoms with Crippen molar-refractivity contribution >= 4 is 52.6 Å². The fourth-order valence-electron chi connectivity index (χ4n) is 1.23. The predicted molar refractivity (Wildman–Crippen MR) is 72.0 cm³/mol. The lowest BCUT2D eigenvalue weighted by Gasteiger charge is -2.13. The molecule has 0 spiro atoms. The van der Waals surface area contributed by atoms with Crippen molar-refractivity contribution in [2.24, 2.45) is 5.73 Å². The molecular weight excluding hydrogens is 332 g/mol. The number of hydrogen-bond acceptors (Lipinski definition) is 4. The second-order valence-corrected chi connectivity index (χ2v) is 4.78. The lowest BCUT2D eigenvalue weighted by molar-refractivity contribution is -0.140. The number of primary amides is 1. The van der Waals surface area contributed by atoms with Gasteiger partial charge in [-0.15, -0.1) is 0 Å². The summed E-state index contributed by atoms with van der Waals surface area (Å²) in [4.78, 5) is 37.1. The Morgan fingerprint density at radius 3 is 2.40 bits per heavy atom. The van der Waals surface area contributed by atoms with Gasteiger partial charge in [0.2, 0.25) is 5.91 Å². The zero-order chi connectivity index (χ0) is 15.4. The first-order valence-corrected chi connectivity index (χ1v) is 6.19. The van der Waals surface area contributed by atoms with Crippen LogP contribution in [-0.4, -0.2) is 33.9 Å².